The number of hydrogen-bond donors (Lipinski definition) is 1. The van der Waals surface area contributed by atoms with Crippen molar-refractivity contribution in [3.63, 3.8) is 0 Å². The molecule has 10 heteroatoms. The van der Waals surface area contributed by atoms with Gasteiger partial charge >= 0.3 is 0 Å². The summed E-state index contributed by atoms with van der Waals surface area (Å²) in [6.07, 6.45) is 1.90. The first-order chi connectivity index (χ1) is 14.4. The second-order valence-corrected chi connectivity index (χ2v) is 12.5. The number of carbonyl (C=O) groups excluding carboxylic acids is 1. The summed E-state index contributed by atoms with van der Waals surface area (Å²) >= 11 is 4.58. The highest BCUT2D eigenvalue weighted by molar-refractivity contribution is 7.91. The lowest BCUT2D eigenvalue weighted by Crippen LogP contribution is -2.43. The van der Waals surface area contributed by atoms with E-state index in [2.05, 4.69) is 27.8 Å². The maximum absolute atomic E-state index is 12.6. The van der Waals surface area contributed by atoms with Crippen LogP contribution in [0.4, 0.5) is 0 Å². The number of aromatic nitrogens is 1. The first-order valence-corrected chi connectivity index (χ1v) is 13.8. The second kappa shape index (κ2) is 9.27. The van der Waals surface area contributed by atoms with Crippen molar-refractivity contribution in [2.24, 2.45) is 5.92 Å². The molecule has 4 heterocycles. The number of nitrogens with one attached hydrogen (secondary N) is 1. The van der Waals surface area contributed by atoms with E-state index < -0.39 is 10.0 Å². The van der Waals surface area contributed by atoms with Gasteiger partial charge in [0.2, 0.25) is 5.91 Å². The van der Waals surface area contributed by atoms with E-state index in [0.29, 0.717) is 36.7 Å². The molecule has 4 rings (SSSR count). The van der Waals surface area contributed by atoms with Gasteiger partial charge in [0.25, 0.3) is 10.0 Å². The van der Waals surface area contributed by atoms with Crippen molar-refractivity contribution in [3.05, 3.63) is 44.9 Å². The molecule has 0 unspecified atom stereocenters. The number of rotatable bonds is 7. The fourth-order valence-corrected chi connectivity index (χ4v) is 7.75. The number of aryl methyl sites for hydroxylation is 1. The molecule has 1 amide bonds. The Kier molecular flexibility index (Phi) is 6.69. The molecule has 0 atom stereocenters. The van der Waals surface area contributed by atoms with Crippen LogP contribution in [0.2, 0.25) is 0 Å². The van der Waals surface area contributed by atoms with Gasteiger partial charge < -0.3 is 5.32 Å². The molecule has 3 aromatic rings. The Balaban J connectivity index is 1.23. The van der Waals surface area contributed by atoms with E-state index in [9.17, 15) is 13.2 Å². The van der Waals surface area contributed by atoms with Crippen molar-refractivity contribution in [3.8, 4) is 10.6 Å². The molecule has 1 saturated heterocycles. The van der Waals surface area contributed by atoms with E-state index in [0.717, 1.165) is 22.0 Å². The zero-order valence-corrected chi connectivity index (χ0v) is 19.8. The van der Waals surface area contributed by atoms with E-state index >= 15 is 0 Å². The molecule has 0 radical (unpaired) electrons. The summed E-state index contributed by atoms with van der Waals surface area (Å²) in [7, 11) is -3.42. The molecule has 160 valence electrons. The lowest BCUT2D eigenvalue weighted by molar-refractivity contribution is -0.126. The van der Waals surface area contributed by atoms with Gasteiger partial charge in [-0.3, -0.25) is 4.79 Å². The standard InChI is InChI=1S/C20H23N3O3S4/c1-14-22-17(13-28-14)18-5-4-16(29-18)6-9-21-20(24)15-7-10-23(11-8-15)30(25,26)19-3-2-12-27-19/h2-5,12-13,15H,6-11H2,1H3,(H,21,24). The molecule has 1 N–H and O–H groups in total. The van der Waals surface area contributed by atoms with Crippen LogP contribution in [0.3, 0.4) is 0 Å². The maximum atomic E-state index is 12.6. The fraction of sp³-hybridized carbons (Fsp3) is 0.400. The van der Waals surface area contributed by atoms with Crippen LogP contribution in [-0.4, -0.2) is 43.2 Å². The van der Waals surface area contributed by atoms with Crippen LogP contribution in [0.1, 0.15) is 22.7 Å². The number of thiophene rings is 2. The Hall–Kier alpha value is -1.59. The van der Waals surface area contributed by atoms with E-state index in [1.54, 1.807) is 40.2 Å². The van der Waals surface area contributed by atoms with Crippen LogP contribution in [0, 0.1) is 12.8 Å². The first-order valence-electron chi connectivity index (χ1n) is 9.76. The van der Waals surface area contributed by atoms with Gasteiger partial charge in [-0.05, 0) is 49.8 Å². The molecule has 3 aromatic heterocycles. The average molecular weight is 482 g/mol. The Morgan fingerprint density at radius 3 is 2.70 bits per heavy atom. The van der Waals surface area contributed by atoms with Crippen LogP contribution >= 0.6 is 34.0 Å². The van der Waals surface area contributed by atoms with Crippen molar-refractivity contribution in [1.82, 2.24) is 14.6 Å². The summed E-state index contributed by atoms with van der Waals surface area (Å²) in [5.74, 6) is -0.105. The summed E-state index contributed by atoms with van der Waals surface area (Å²) in [4.78, 5) is 19.4. The number of hydrogen-bond acceptors (Lipinski definition) is 7. The third kappa shape index (κ3) is 4.83. The summed E-state index contributed by atoms with van der Waals surface area (Å²) in [6, 6.07) is 7.55. The van der Waals surface area contributed by atoms with E-state index in [1.807, 2.05) is 6.92 Å². The molecule has 0 aliphatic carbocycles. The molecular formula is C20H23N3O3S4. The van der Waals surface area contributed by atoms with Crippen molar-refractivity contribution in [2.45, 2.75) is 30.4 Å². The molecule has 1 fully saturated rings. The van der Waals surface area contributed by atoms with Crippen molar-refractivity contribution < 1.29 is 13.2 Å². The molecule has 1 aliphatic heterocycles. The quantitative estimate of drug-likeness (QED) is 0.553. The number of amides is 1. The molecule has 6 nitrogen and oxygen atoms in total. The molecule has 0 saturated carbocycles. The van der Waals surface area contributed by atoms with Crippen LogP contribution in [0.25, 0.3) is 10.6 Å². The van der Waals surface area contributed by atoms with Crippen molar-refractivity contribution >= 4 is 49.9 Å². The maximum Gasteiger partial charge on any atom is 0.252 e. The third-order valence-corrected chi connectivity index (χ3v) is 10.3. The Bertz CT molecular complexity index is 1090. The number of nitrogens with zero attached hydrogens (tertiary/aromatic N) is 2. The third-order valence-electron chi connectivity index (χ3n) is 5.12. The second-order valence-electron chi connectivity index (χ2n) is 7.17. The average Bonchev–Trinajstić information content (AvgIpc) is 3.50. The topological polar surface area (TPSA) is 79.4 Å². The van der Waals surface area contributed by atoms with Gasteiger partial charge in [-0.2, -0.15) is 4.31 Å². The lowest BCUT2D eigenvalue weighted by atomic mass is 9.97. The van der Waals surface area contributed by atoms with Crippen LogP contribution in [-0.2, 0) is 21.2 Å². The summed E-state index contributed by atoms with van der Waals surface area (Å²) in [5, 5.41) is 7.91. The zero-order chi connectivity index (χ0) is 21.1. The number of carbonyl (C=O) groups is 1. The monoisotopic (exact) mass is 481 g/mol. The molecule has 1 aliphatic rings. The van der Waals surface area contributed by atoms with Crippen LogP contribution in [0.15, 0.2) is 39.2 Å². The Labute approximate surface area is 188 Å². The minimum Gasteiger partial charge on any atom is -0.355 e. The largest absolute Gasteiger partial charge is 0.355 e. The predicted molar refractivity (Wildman–Crippen MR) is 123 cm³/mol. The van der Waals surface area contributed by atoms with Gasteiger partial charge in [-0.15, -0.1) is 34.0 Å². The van der Waals surface area contributed by atoms with Gasteiger partial charge in [-0.25, -0.2) is 13.4 Å². The smallest absolute Gasteiger partial charge is 0.252 e. The van der Waals surface area contributed by atoms with E-state index in [1.165, 1.54) is 20.5 Å². The summed E-state index contributed by atoms with van der Waals surface area (Å²) in [5.41, 5.74) is 1.02. The van der Waals surface area contributed by atoms with E-state index in [-0.39, 0.29) is 11.8 Å². The highest BCUT2D eigenvalue weighted by Gasteiger charge is 2.32. The summed E-state index contributed by atoms with van der Waals surface area (Å²) < 4.78 is 27.1. The molecule has 0 bridgehead atoms. The van der Waals surface area contributed by atoms with Gasteiger partial charge in [0.05, 0.1) is 15.6 Å². The highest BCUT2D eigenvalue weighted by atomic mass is 32.2. The lowest BCUT2D eigenvalue weighted by Gasteiger charge is -2.30. The number of thiazole rings is 1. The SMILES string of the molecule is Cc1nc(-c2ccc(CCNC(=O)C3CCN(S(=O)(=O)c4cccs4)CC3)s2)cs1. The number of sulfonamides is 1. The number of piperidine rings is 1. The van der Waals surface area contributed by atoms with Crippen molar-refractivity contribution in [1.29, 1.82) is 0 Å². The van der Waals surface area contributed by atoms with E-state index in [4.69, 9.17) is 0 Å². The minimum atomic E-state index is -3.42. The Morgan fingerprint density at radius 2 is 2.03 bits per heavy atom. The normalized spacial score (nSPS) is 16.0. The van der Waals surface area contributed by atoms with Gasteiger partial charge in [-0.1, -0.05) is 6.07 Å². The highest BCUT2D eigenvalue weighted by Crippen LogP contribution is 2.29. The first kappa shape index (κ1) is 21.6. The molecule has 0 spiro atoms. The summed E-state index contributed by atoms with van der Waals surface area (Å²) in [6.45, 7) is 3.36. The minimum absolute atomic E-state index is 0.0232. The van der Waals surface area contributed by atoms with Crippen LogP contribution in [0.5, 0.6) is 0 Å². The predicted octanol–water partition coefficient (Wildman–Crippen LogP) is 4.00. The van der Waals surface area contributed by atoms with Gasteiger partial charge in [0.15, 0.2) is 0 Å². The fourth-order valence-electron chi connectivity index (χ4n) is 3.48. The van der Waals surface area contributed by atoms with Crippen LogP contribution < -0.4 is 5.32 Å². The van der Waals surface area contributed by atoms with Gasteiger partial charge in [0, 0.05) is 35.8 Å². The zero-order valence-electron chi connectivity index (χ0n) is 16.5. The molecular weight excluding hydrogens is 459 g/mol. The molecule has 30 heavy (non-hydrogen) atoms. The van der Waals surface area contributed by atoms with Crippen molar-refractivity contribution in [2.75, 3.05) is 19.6 Å². The Morgan fingerprint density at radius 1 is 1.23 bits per heavy atom. The molecule has 0 aromatic carbocycles. The van der Waals surface area contributed by atoms with Gasteiger partial charge in [0.1, 0.15) is 4.21 Å².